The summed E-state index contributed by atoms with van der Waals surface area (Å²) in [6.45, 7) is 0. The smallest absolute Gasteiger partial charge is 0.255 e. The van der Waals surface area contributed by atoms with E-state index in [2.05, 4.69) is 38.1 Å². The maximum absolute atomic E-state index is 12.5. The van der Waals surface area contributed by atoms with Gasteiger partial charge in [-0.15, -0.1) is 10.2 Å². The Bertz CT molecular complexity index is 1110. The largest absolute Gasteiger partial charge is 0.321 e. The molecule has 0 saturated heterocycles. The van der Waals surface area contributed by atoms with Crippen molar-refractivity contribution in [3.63, 3.8) is 0 Å². The number of anilines is 1. The zero-order valence-electron chi connectivity index (χ0n) is 13.4. The highest BCUT2D eigenvalue weighted by Crippen LogP contribution is 2.27. The Morgan fingerprint density at radius 2 is 1.69 bits per heavy atom. The Labute approximate surface area is 168 Å². The summed E-state index contributed by atoms with van der Waals surface area (Å²) in [4.78, 5) is 14.0. The third kappa shape index (κ3) is 3.42. The molecule has 0 saturated carbocycles. The Kier molecular flexibility index (Phi) is 4.60. The molecule has 1 N–H and O–H groups in total. The summed E-state index contributed by atoms with van der Waals surface area (Å²) in [5.41, 5.74) is 3.23. The van der Waals surface area contributed by atoms with E-state index in [4.69, 9.17) is 11.6 Å². The summed E-state index contributed by atoms with van der Waals surface area (Å²) in [7, 11) is 0. The fraction of sp³-hybridized carbons (Fsp3) is 0. The fourth-order valence-corrected chi connectivity index (χ4v) is 3.28. The van der Waals surface area contributed by atoms with Gasteiger partial charge in [-0.2, -0.15) is 4.80 Å². The molecule has 1 heterocycles. The lowest BCUT2D eigenvalue weighted by Crippen LogP contribution is -2.12. The number of hydrogen-bond donors (Lipinski definition) is 1. The molecule has 0 unspecified atom stereocenters. The number of nitrogens with zero attached hydrogens (tertiary/aromatic N) is 3. The van der Waals surface area contributed by atoms with Crippen molar-refractivity contribution >= 4 is 56.8 Å². The second-order valence-corrected chi connectivity index (χ2v) is 7.26. The van der Waals surface area contributed by atoms with Crippen LogP contribution in [0.2, 0.25) is 5.02 Å². The van der Waals surface area contributed by atoms with Crippen LogP contribution in [-0.4, -0.2) is 20.9 Å². The van der Waals surface area contributed by atoms with Crippen LogP contribution in [0.5, 0.6) is 0 Å². The Morgan fingerprint density at radius 1 is 0.962 bits per heavy atom. The van der Waals surface area contributed by atoms with Crippen LogP contribution in [0.25, 0.3) is 16.7 Å². The van der Waals surface area contributed by atoms with Crippen LogP contribution in [0.4, 0.5) is 5.69 Å². The van der Waals surface area contributed by atoms with Crippen molar-refractivity contribution in [3.8, 4) is 5.69 Å². The van der Waals surface area contributed by atoms with E-state index >= 15 is 0 Å². The molecule has 0 aliphatic carbocycles. The maximum atomic E-state index is 12.5. The normalized spacial score (nSPS) is 10.8. The van der Waals surface area contributed by atoms with Gasteiger partial charge in [0.2, 0.25) is 0 Å². The number of fused-ring (bicyclic) bond motifs is 1. The molecule has 0 atom stereocenters. The zero-order chi connectivity index (χ0) is 18.1. The summed E-state index contributed by atoms with van der Waals surface area (Å²) >= 11 is 8.50. The van der Waals surface area contributed by atoms with E-state index in [1.807, 2.05) is 48.5 Å². The Balaban J connectivity index is 1.67. The number of benzene rings is 3. The third-order valence-corrected chi connectivity index (χ3v) is 4.77. The molecule has 0 radical (unpaired) electrons. The van der Waals surface area contributed by atoms with Crippen molar-refractivity contribution < 1.29 is 4.79 Å². The van der Waals surface area contributed by atoms with Crippen LogP contribution in [0.15, 0.2) is 66.7 Å². The van der Waals surface area contributed by atoms with Gasteiger partial charge >= 0.3 is 0 Å². The van der Waals surface area contributed by atoms with E-state index in [-0.39, 0.29) is 5.91 Å². The van der Waals surface area contributed by atoms with E-state index in [0.717, 1.165) is 9.26 Å². The predicted octanol–water partition coefficient (Wildman–Crippen LogP) is 4.93. The number of rotatable bonds is 3. The second-order valence-electron chi connectivity index (χ2n) is 5.61. The van der Waals surface area contributed by atoms with Crippen LogP contribution < -0.4 is 5.32 Å². The molecule has 0 fully saturated rings. The Morgan fingerprint density at radius 3 is 2.42 bits per heavy atom. The first-order valence-corrected chi connectivity index (χ1v) is 9.25. The minimum Gasteiger partial charge on any atom is -0.321 e. The number of carbonyl (C=O) groups is 1. The van der Waals surface area contributed by atoms with Gasteiger partial charge in [0.05, 0.1) is 16.4 Å². The summed E-state index contributed by atoms with van der Waals surface area (Å²) < 4.78 is 0.989. The molecule has 0 aliphatic rings. The van der Waals surface area contributed by atoms with Gasteiger partial charge in [0, 0.05) is 9.13 Å². The molecule has 1 aromatic heterocycles. The highest BCUT2D eigenvalue weighted by atomic mass is 127. The molecular formula is C19H12ClIN4O. The first-order chi connectivity index (χ1) is 12.6. The first-order valence-electron chi connectivity index (χ1n) is 7.79. The summed E-state index contributed by atoms with van der Waals surface area (Å²) in [6, 6.07) is 20.4. The number of hydrogen-bond acceptors (Lipinski definition) is 3. The molecule has 0 bridgehead atoms. The predicted molar refractivity (Wildman–Crippen MR) is 111 cm³/mol. The van der Waals surface area contributed by atoms with Crippen LogP contribution in [0.3, 0.4) is 0 Å². The highest BCUT2D eigenvalue weighted by molar-refractivity contribution is 14.1. The molecule has 4 rings (SSSR count). The monoisotopic (exact) mass is 474 g/mol. The molecule has 1 amide bonds. The van der Waals surface area contributed by atoms with Crippen LogP contribution in [0.1, 0.15) is 10.4 Å². The molecule has 26 heavy (non-hydrogen) atoms. The number of carbonyl (C=O) groups excluding carboxylic acids is 1. The van der Waals surface area contributed by atoms with Gasteiger partial charge in [-0.25, -0.2) is 0 Å². The van der Waals surface area contributed by atoms with Crippen LogP contribution in [-0.2, 0) is 0 Å². The summed E-state index contributed by atoms with van der Waals surface area (Å²) in [5, 5.41) is 12.2. The fourth-order valence-electron chi connectivity index (χ4n) is 2.53. The summed E-state index contributed by atoms with van der Waals surface area (Å²) in [5.74, 6) is -0.222. The van der Waals surface area contributed by atoms with E-state index in [1.54, 1.807) is 23.0 Å². The average Bonchev–Trinajstić information content (AvgIpc) is 3.05. The van der Waals surface area contributed by atoms with Gasteiger partial charge in [-0.05, 0) is 65.1 Å². The van der Waals surface area contributed by atoms with Crippen LogP contribution >= 0.6 is 34.2 Å². The molecule has 3 aromatic carbocycles. The quantitative estimate of drug-likeness (QED) is 0.428. The van der Waals surface area contributed by atoms with E-state index < -0.39 is 0 Å². The molecular weight excluding hydrogens is 463 g/mol. The van der Waals surface area contributed by atoms with Crippen molar-refractivity contribution in [1.29, 1.82) is 0 Å². The highest BCUT2D eigenvalue weighted by Gasteiger charge is 2.13. The number of aromatic nitrogens is 3. The van der Waals surface area contributed by atoms with Gasteiger partial charge in [0.1, 0.15) is 11.0 Å². The number of amides is 1. The lowest BCUT2D eigenvalue weighted by Gasteiger charge is -2.07. The minimum atomic E-state index is -0.222. The van der Waals surface area contributed by atoms with E-state index in [9.17, 15) is 4.79 Å². The van der Waals surface area contributed by atoms with Gasteiger partial charge in [-0.3, -0.25) is 4.79 Å². The minimum absolute atomic E-state index is 0.222. The van der Waals surface area contributed by atoms with Gasteiger partial charge in [0.25, 0.3) is 5.91 Å². The van der Waals surface area contributed by atoms with Gasteiger partial charge in [0.15, 0.2) is 0 Å². The van der Waals surface area contributed by atoms with Crippen molar-refractivity contribution in [2.75, 3.05) is 5.32 Å². The van der Waals surface area contributed by atoms with Crippen molar-refractivity contribution in [1.82, 2.24) is 15.0 Å². The Hall–Kier alpha value is -2.45. The zero-order valence-corrected chi connectivity index (χ0v) is 16.3. The standard InChI is InChI=1S/C19H12ClIN4O/c20-15-10-17-18(24-25(23-17)14-7-2-1-3-8-14)11-16(15)22-19(26)12-5-4-6-13(21)9-12/h1-11H,(H,22,26). The number of halogens is 2. The average molecular weight is 475 g/mol. The van der Waals surface area contributed by atoms with Crippen molar-refractivity contribution in [3.05, 3.63) is 80.9 Å². The lowest BCUT2D eigenvalue weighted by molar-refractivity contribution is 0.102. The van der Waals surface area contributed by atoms with Crippen molar-refractivity contribution in [2.45, 2.75) is 0 Å². The van der Waals surface area contributed by atoms with Crippen molar-refractivity contribution in [2.24, 2.45) is 0 Å². The molecule has 128 valence electrons. The topological polar surface area (TPSA) is 59.8 Å². The maximum Gasteiger partial charge on any atom is 0.255 e. The number of para-hydroxylation sites is 1. The third-order valence-electron chi connectivity index (χ3n) is 3.79. The van der Waals surface area contributed by atoms with Gasteiger partial charge < -0.3 is 5.32 Å². The first kappa shape index (κ1) is 17.0. The van der Waals surface area contributed by atoms with E-state index in [1.165, 1.54) is 0 Å². The molecule has 7 heteroatoms. The second kappa shape index (κ2) is 7.05. The van der Waals surface area contributed by atoms with E-state index in [0.29, 0.717) is 27.3 Å². The lowest BCUT2D eigenvalue weighted by atomic mass is 10.2. The molecule has 0 spiro atoms. The number of nitrogens with one attached hydrogen (secondary N) is 1. The van der Waals surface area contributed by atoms with Gasteiger partial charge in [-0.1, -0.05) is 35.9 Å². The molecule has 0 aliphatic heterocycles. The SMILES string of the molecule is O=C(Nc1cc2nn(-c3ccccc3)nc2cc1Cl)c1cccc(I)c1. The summed E-state index contributed by atoms with van der Waals surface area (Å²) in [6.07, 6.45) is 0. The van der Waals surface area contributed by atoms with Crippen LogP contribution in [0, 0.1) is 3.57 Å². The molecule has 5 nitrogen and oxygen atoms in total. The molecule has 4 aromatic rings.